The molecule has 0 bridgehead atoms. The van der Waals surface area contributed by atoms with Gasteiger partial charge in [-0.25, -0.2) is 0 Å². The van der Waals surface area contributed by atoms with Crippen molar-refractivity contribution in [3.8, 4) is 0 Å². The second-order valence-corrected chi connectivity index (χ2v) is 4.50. The highest BCUT2D eigenvalue weighted by Crippen LogP contribution is 2.22. The number of hydrogen-bond donors (Lipinski definition) is 4. The number of nitrogens with zero attached hydrogens (tertiary/aromatic N) is 1. The first-order valence-electron chi connectivity index (χ1n) is 6.16. The van der Waals surface area contributed by atoms with E-state index in [-0.39, 0.29) is 6.61 Å². The van der Waals surface area contributed by atoms with Crippen LogP contribution in [0.2, 0.25) is 0 Å². The van der Waals surface area contributed by atoms with Crippen LogP contribution in [0, 0.1) is 0 Å². The van der Waals surface area contributed by atoms with Gasteiger partial charge in [0.1, 0.15) is 24.4 Å². The first-order chi connectivity index (χ1) is 9.63. The molecule has 0 aliphatic carbocycles. The first-order valence-corrected chi connectivity index (χ1v) is 6.16. The second-order valence-electron chi connectivity index (χ2n) is 4.50. The zero-order valence-corrected chi connectivity index (χ0v) is 10.6. The monoisotopic (exact) mass is 283 g/mol. The maximum atomic E-state index is 9.80. The lowest BCUT2D eigenvalue weighted by Crippen LogP contribution is -2.58. The van der Waals surface area contributed by atoms with Crippen LogP contribution >= 0.6 is 0 Å². The molecule has 0 amide bonds. The van der Waals surface area contributed by atoms with Crippen LogP contribution in [0.15, 0.2) is 35.5 Å². The largest absolute Gasteiger partial charge is 0.411 e. The Morgan fingerprint density at radius 3 is 2.45 bits per heavy atom. The summed E-state index contributed by atoms with van der Waals surface area (Å²) in [6.45, 7) is 0.175. The van der Waals surface area contributed by atoms with Crippen molar-refractivity contribution in [2.24, 2.45) is 5.16 Å². The van der Waals surface area contributed by atoms with Crippen molar-refractivity contribution >= 4 is 6.21 Å². The molecule has 7 heteroatoms. The molecule has 1 aliphatic heterocycles. The van der Waals surface area contributed by atoms with Gasteiger partial charge in [0, 0.05) is 0 Å². The van der Waals surface area contributed by atoms with Gasteiger partial charge in [0.25, 0.3) is 0 Å². The maximum Gasteiger partial charge on any atom is 0.187 e. The molecule has 4 N–H and O–H groups in total. The molecule has 2 rings (SSSR count). The Kier molecular flexibility index (Phi) is 5.05. The van der Waals surface area contributed by atoms with Crippen molar-refractivity contribution in [2.45, 2.75) is 37.3 Å². The van der Waals surface area contributed by atoms with Crippen molar-refractivity contribution in [3.63, 3.8) is 0 Å². The van der Waals surface area contributed by atoms with Crippen LogP contribution in [0.5, 0.6) is 0 Å². The molecule has 0 spiro atoms. The normalized spacial score (nSPS) is 34.5. The van der Waals surface area contributed by atoms with Gasteiger partial charge in [-0.05, 0) is 5.56 Å². The van der Waals surface area contributed by atoms with Gasteiger partial charge in [0.05, 0.1) is 12.8 Å². The van der Waals surface area contributed by atoms with E-state index in [1.165, 1.54) is 0 Å². The number of aliphatic hydroxyl groups is 3. The molecule has 1 aromatic carbocycles. The van der Waals surface area contributed by atoms with Gasteiger partial charge in [-0.2, -0.15) is 0 Å². The van der Waals surface area contributed by atoms with Gasteiger partial charge in [0.2, 0.25) is 0 Å². The summed E-state index contributed by atoms with van der Waals surface area (Å²) in [5.41, 5.74) is 0.872. The molecule has 1 aromatic rings. The Hall–Kier alpha value is -1.51. The van der Waals surface area contributed by atoms with E-state index in [4.69, 9.17) is 14.7 Å². The fourth-order valence-electron chi connectivity index (χ4n) is 1.95. The topological polar surface area (TPSA) is 112 Å². The molecule has 1 heterocycles. The smallest absolute Gasteiger partial charge is 0.187 e. The highest BCUT2D eigenvalue weighted by molar-refractivity contribution is 5.63. The summed E-state index contributed by atoms with van der Waals surface area (Å²) in [4.78, 5) is 0. The SMILES string of the molecule is O/N=C/[C@H]1OC(OCc2ccccc2)[C@H](O)[C@@H](O)[C@H]1O. The van der Waals surface area contributed by atoms with Crippen molar-refractivity contribution in [3.05, 3.63) is 35.9 Å². The molecule has 1 unspecified atom stereocenters. The van der Waals surface area contributed by atoms with Crippen LogP contribution in [-0.4, -0.2) is 57.4 Å². The summed E-state index contributed by atoms with van der Waals surface area (Å²) in [5, 5.41) is 40.4. The zero-order chi connectivity index (χ0) is 14.5. The van der Waals surface area contributed by atoms with Crippen LogP contribution < -0.4 is 0 Å². The molecular formula is C13H17NO6. The summed E-state index contributed by atoms with van der Waals surface area (Å²) in [5.74, 6) is 0. The van der Waals surface area contributed by atoms with E-state index in [1.54, 1.807) is 0 Å². The lowest BCUT2D eigenvalue weighted by molar-refractivity contribution is -0.285. The highest BCUT2D eigenvalue weighted by atomic mass is 16.7. The second kappa shape index (κ2) is 6.78. The van der Waals surface area contributed by atoms with E-state index in [2.05, 4.69) is 5.16 Å². The minimum Gasteiger partial charge on any atom is -0.411 e. The van der Waals surface area contributed by atoms with E-state index in [0.29, 0.717) is 0 Å². The summed E-state index contributed by atoms with van der Waals surface area (Å²) in [6, 6.07) is 9.23. The summed E-state index contributed by atoms with van der Waals surface area (Å²) in [6.07, 6.45) is -5.49. The summed E-state index contributed by atoms with van der Waals surface area (Å²) < 4.78 is 10.6. The van der Waals surface area contributed by atoms with E-state index < -0.39 is 30.7 Å². The number of rotatable bonds is 4. The first kappa shape index (κ1) is 14.9. The molecule has 0 aromatic heterocycles. The molecule has 0 saturated carbocycles. The molecule has 1 fully saturated rings. The van der Waals surface area contributed by atoms with Crippen molar-refractivity contribution < 1.29 is 30.0 Å². The number of hydrogen-bond acceptors (Lipinski definition) is 7. The molecule has 5 atom stereocenters. The molecule has 1 saturated heterocycles. The summed E-state index contributed by atoms with van der Waals surface area (Å²) >= 11 is 0. The Morgan fingerprint density at radius 2 is 1.80 bits per heavy atom. The van der Waals surface area contributed by atoms with E-state index in [0.717, 1.165) is 11.8 Å². The van der Waals surface area contributed by atoms with Gasteiger partial charge < -0.3 is 30.0 Å². The maximum absolute atomic E-state index is 9.80. The Bertz CT molecular complexity index is 440. The van der Waals surface area contributed by atoms with E-state index in [1.807, 2.05) is 30.3 Å². The van der Waals surface area contributed by atoms with Crippen molar-refractivity contribution in [2.75, 3.05) is 0 Å². The highest BCUT2D eigenvalue weighted by Gasteiger charge is 2.43. The van der Waals surface area contributed by atoms with Gasteiger partial charge in [-0.3, -0.25) is 0 Å². The molecule has 0 radical (unpaired) electrons. The third-order valence-electron chi connectivity index (χ3n) is 3.08. The molecule has 20 heavy (non-hydrogen) atoms. The van der Waals surface area contributed by atoms with Crippen LogP contribution in [0.3, 0.4) is 0 Å². The average Bonchev–Trinajstić information content (AvgIpc) is 2.48. The van der Waals surface area contributed by atoms with Crippen LogP contribution in [0.1, 0.15) is 5.56 Å². The van der Waals surface area contributed by atoms with E-state index >= 15 is 0 Å². The predicted octanol–water partition coefficient (Wildman–Crippen LogP) is -0.529. The predicted molar refractivity (Wildman–Crippen MR) is 68.2 cm³/mol. The summed E-state index contributed by atoms with van der Waals surface area (Å²) in [7, 11) is 0. The number of aliphatic hydroxyl groups excluding tert-OH is 3. The number of benzene rings is 1. The fraction of sp³-hybridized carbons (Fsp3) is 0.462. The van der Waals surface area contributed by atoms with Crippen LogP contribution in [0.4, 0.5) is 0 Å². The molecular weight excluding hydrogens is 266 g/mol. The van der Waals surface area contributed by atoms with Gasteiger partial charge >= 0.3 is 0 Å². The Morgan fingerprint density at radius 1 is 1.10 bits per heavy atom. The third-order valence-corrected chi connectivity index (χ3v) is 3.08. The van der Waals surface area contributed by atoms with Crippen LogP contribution in [-0.2, 0) is 16.1 Å². The zero-order valence-electron chi connectivity index (χ0n) is 10.6. The lowest BCUT2D eigenvalue weighted by Gasteiger charge is -2.38. The number of ether oxygens (including phenoxy) is 2. The molecule has 1 aliphatic rings. The molecule has 7 nitrogen and oxygen atoms in total. The van der Waals surface area contributed by atoms with Gasteiger partial charge in [-0.15, -0.1) is 0 Å². The van der Waals surface area contributed by atoms with Gasteiger partial charge in [-0.1, -0.05) is 35.5 Å². The van der Waals surface area contributed by atoms with Crippen LogP contribution in [0.25, 0.3) is 0 Å². The minimum absolute atomic E-state index is 0.175. The molecule has 110 valence electrons. The fourth-order valence-corrected chi connectivity index (χ4v) is 1.95. The van der Waals surface area contributed by atoms with Gasteiger partial charge in [0.15, 0.2) is 6.29 Å². The van der Waals surface area contributed by atoms with E-state index in [9.17, 15) is 15.3 Å². The third kappa shape index (κ3) is 3.33. The van der Waals surface area contributed by atoms with Crippen molar-refractivity contribution in [1.82, 2.24) is 0 Å². The Labute approximate surface area is 115 Å². The quantitative estimate of drug-likeness (QED) is 0.336. The standard InChI is InChI=1S/C13H17NO6/c15-10-9(6-14-18)20-13(12(17)11(10)16)19-7-8-4-2-1-3-5-8/h1-6,9-13,15-18H,7H2/b14-6+/t9-,10+,11+,12-,13?/m1/s1. The number of oxime groups is 1. The minimum atomic E-state index is -1.45. The van der Waals surface area contributed by atoms with Crippen molar-refractivity contribution in [1.29, 1.82) is 0 Å². The Balaban J connectivity index is 1.99. The lowest BCUT2D eigenvalue weighted by atomic mass is 9.99. The average molecular weight is 283 g/mol.